The lowest BCUT2D eigenvalue weighted by Crippen LogP contribution is -2.54. The second-order valence-electron chi connectivity index (χ2n) is 6.64. The van der Waals surface area contributed by atoms with Gasteiger partial charge in [-0.15, -0.1) is 0 Å². The summed E-state index contributed by atoms with van der Waals surface area (Å²) >= 11 is 0. The highest BCUT2D eigenvalue weighted by Gasteiger charge is 2.36. The van der Waals surface area contributed by atoms with Crippen molar-refractivity contribution in [2.75, 3.05) is 28.6 Å². The zero-order valence-corrected chi connectivity index (χ0v) is 14.0. The molecule has 1 unspecified atom stereocenters. The Morgan fingerprint density at radius 3 is 2.88 bits per heavy atom. The Morgan fingerprint density at radius 2 is 2.08 bits per heavy atom. The fraction of sp³-hybridized carbons (Fsp3) is 0.444. The lowest BCUT2D eigenvalue weighted by molar-refractivity contribution is -0.121. The van der Waals surface area contributed by atoms with Crippen molar-refractivity contribution >= 4 is 23.1 Å². The quantitative estimate of drug-likeness (QED) is 0.857. The summed E-state index contributed by atoms with van der Waals surface area (Å²) in [5, 5.41) is 4.41. The molecule has 0 aliphatic carbocycles. The van der Waals surface area contributed by atoms with Gasteiger partial charge in [0.15, 0.2) is 5.82 Å². The van der Waals surface area contributed by atoms with Gasteiger partial charge in [0.25, 0.3) is 5.91 Å². The summed E-state index contributed by atoms with van der Waals surface area (Å²) in [6.45, 7) is 1.65. The highest BCUT2D eigenvalue weighted by molar-refractivity contribution is 5.99. The summed E-state index contributed by atoms with van der Waals surface area (Å²) in [5.41, 5.74) is 9.30. The molecule has 126 valence electrons. The van der Waals surface area contributed by atoms with Crippen LogP contribution >= 0.6 is 0 Å². The molecule has 2 aliphatic heterocycles. The van der Waals surface area contributed by atoms with Gasteiger partial charge < -0.3 is 10.6 Å². The molecular formula is C18H23N5O. The van der Waals surface area contributed by atoms with E-state index in [9.17, 15) is 4.79 Å². The average Bonchev–Trinajstić information content (AvgIpc) is 3.01. The second-order valence-corrected chi connectivity index (χ2v) is 6.64. The number of fused-ring (bicyclic) bond motifs is 1. The third-order valence-electron chi connectivity index (χ3n) is 5.09. The van der Waals surface area contributed by atoms with Gasteiger partial charge in [0.05, 0.1) is 0 Å². The number of carbonyl (C=O) groups excluding carboxylic acids is 1. The molecule has 6 heteroatoms. The van der Waals surface area contributed by atoms with Crippen LogP contribution in [0.2, 0.25) is 0 Å². The molecule has 1 amide bonds. The molecule has 0 bridgehead atoms. The molecule has 4 rings (SSSR count). The molecule has 2 aliphatic rings. The van der Waals surface area contributed by atoms with E-state index in [1.54, 1.807) is 4.68 Å². The topological polar surface area (TPSA) is 67.4 Å². The van der Waals surface area contributed by atoms with Crippen molar-refractivity contribution in [1.29, 1.82) is 0 Å². The van der Waals surface area contributed by atoms with Gasteiger partial charge in [-0.25, -0.2) is 0 Å². The van der Waals surface area contributed by atoms with Gasteiger partial charge in [0, 0.05) is 43.8 Å². The number of aryl methyl sites for hydroxylation is 1. The normalized spacial score (nSPS) is 21.0. The molecule has 6 nitrogen and oxygen atoms in total. The van der Waals surface area contributed by atoms with Gasteiger partial charge in [-0.2, -0.15) is 5.10 Å². The van der Waals surface area contributed by atoms with E-state index >= 15 is 0 Å². The van der Waals surface area contributed by atoms with Crippen molar-refractivity contribution in [3.05, 3.63) is 36.0 Å². The summed E-state index contributed by atoms with van der Waals surface area (Å²) < 4.78 is 1.74. The number of carbonyl (C=O) groups is 1. The van der Waals surface area contributed by atoms with Gasteiger partial charge in [0.2, 0.25) is 0 Å². The van der Waals surface area contributed by atoms with Crippen LogP contribution in [0.4, 0.5) is 17.2 Å². The number of benzene rings is 1. The van der Waals surface area contributed by atoms with E-state index in [-0.39, 0.29) is 11.9 Å². The molecule has 2 N–H and O–H groups in total. The first-order chi connectivity index (χ1) is 11.6. The van der Waals surface area contributed by atoms with E-state index in [0.717, 1.165) is 56.0 Å². The van der Waals surface area contributed by atoms with Gasteiger partial charge in [-0.1, -0.05) is 6.07 Å². The number of nitrogens with zero attached hydrogens (tertiary/aromatic N) is 4. The highest BCUT2D eigenvalue weighted by Crippen LogP contribution is 2.35. The molecule has 0 radical (unpaired) electrons. The van der Waals surface area contributed by atoms with Gasteiger partial charge >= 0.3 is 0 Å². The van der Waals surface area contributed by atoms with Crippen molar-refractivity contribution in [3.63, 3.8) is 0 Å². The molecule has 24 heavy (non-hydrogen) atoms. The number of piperidine rings is 1. The molecule has 3 heterocycles. The summed E-state index contributed by atoms with van der Waals surface area (Å²) in [7, 11) is 1.87. The van der Waals surface area contributed by atoms with Crippen molar-refractivity contribution in [2.24, 2.45) is 7.05 Å². The van der Waals surface area contributed by atoms with Gasteiger partial charge in [-0.05, 0) is 43.4 Å². The maximum atomic E-state index is 13.1. The van der Waals surface area contributed by atoms with Crippen LogP contribution in [0, 0.1) is 0 Å². The Balaban J connectivity index is 1.65. The van der Waals surface area contributed by atoms with Crippen molar-refractivity contribution in [1.82, 2.24) is 9.78 Å². The van der Waals surface area contributed by atoms with Crippen molar-refractivity contribution < 1.29 is 4.79 Å². The Bertz CT molecular complexity index is 769. The predicted octanol–water partition coefficient (Wildman–Crippen LogP) is 1.95. The standard InChI is InChI=1S/C18H23N5O/c1-21-12-9-17(20-21)23-11-4-8-16(18(23)24)22-10-3-5-13-14(19)6-2-7-15(13)22/h2,6-7,9,12,16H,3-5,8,10-11,19H2,1H3. The van der Waals surface area contributed by atoms with E-state index in [1.165, 1.54) is 5.56 Å². The van der Waals surface area contributed by atoms with Crippen molar-refractivity contribution in [2.45, 2.75) is 31.7 Å². The fourth-order valence-electron chi connectivity index (χ4n) is 3.92. The first-order valence-corrected chi connectivity index (χ1v) is 8.60. The molecule has 1 atom stereocenters. The summed E-state index contributed by atoms with van der Waals surface area (Å²) in [4.78, 5) is 17.2. The number of hydrogen-bond acceptors (Lipinski definition) is 4. The predicted molar refractivity (Wildman–Crippen MR) is 95.1 cm³/mol. The fourth-order valence-corrected chi connectivity index (χ4v) is 3.92. The third-order valence-corrected chi connectivity index (χ3v) is 5.09. The lowest BCUT2D eigenvalue weighted by atomic mass is 9.95. The zero-order chi connectivity index (χ0) is 16.7. The second kappa shape index (κ2) is 5.85. The van der Waals surface area contributed by atoms with Crippen LogP contribution < -0.4 is 15.5 Å². The number of nitrogen functional groups attached to an aromatic ring is 1. The molecule has 0 saturated carbocycles. The Morgan fingerprint density at radius 1 is 1.21 bits per heavy atom. The van der Waals surface area contributed by atoms with Crippen LogP contribution in [-0.4, -0.2) is 34.8 Å². The van der Waals surface area contributed by atoms with Crippen LogP contribution in [0.3, 0.4) is 0 Å². The maximum absolute atomic E-state index is 13.1. The number of hydrogen-bond donors (Lipinski definition) is 1. The van der Waals surface area contributed by atoms with Crippen LogP contribution in [-0.2, 0) is 18.3 Å². The number of nitrogens with two attached hydrogens (primary N) is 1. The molecule has 1 aromatic carbocycles. The SMILES string of the molecule is Cn1ccc(N2CCCC(N3CCCc4c(N)cccc43)C2=O)n1. The number of anilines is 3. The van der Waals surface area contributed by atoms with Gasteiger partial charge in [-0.3, -0.25) is 14.4 Å². The Labute approximate surface area is 141 Å². The summed E-state index contributed by atoms with van der Waals surface area (Å²) in [5.74, 6) is 0.896. The van der Waals surface area contributed by atoms with Crippen LogP contribution in [0.15, 0.2) is 30.5 Å². The molecule has 1 saturated heterocycles. The number of amides is 1. The minimum Gasteiger partial charge on any atom is -0.398 e. The molecule has 1 aromatic heterocycles. The van der Waals surface area contributed by atoms with E-state index in [1.807, 2.05) is 36.3 Å². The number of aromatic nitrogens is 2. The average molecular weight is 325 g/mol. The monoisotopic (exact) mass is 325 g/mol. The first kappa shape index (κ1) is 15.1. The van der Waals surface area contributed by atoms with E-state index in [0.29, 0.717) is 0 Å². The summed E-state index contributed by atoms with van der Waals surface area (Å²) in [6.07, 6.45) is 5.78. The molecule has 1 fully saturated rings. The molecular weight excluding hydrogens is 302 g/mol. The number of rotatable bonds is 2. The van der Waals surface area contributed by atoms with E-state index < -0.39 is 0 Å². The van der Waals surface area contributed by atoms with Crippen LogP contribution in [0.25, 0.3) is 0 Å². The smallest absolute Gasteiger partial charge is 0.250 e. The molecule has 2 aromatic rings. The third kappa shape index (κ3) is 2.42. The maximum Gasteiger partial charge on any atom is 0.250 e. The van der Waals surface area contributed by atoms with E-state index in [2.05, 4.69) is 16.1 Å². The minimum atomic E-state index is -0.124. The highest BCUT2D eigenvalue weighted by atomic mass is 16.2. The zero-order valence-electron chi connectivity index (χ0n) is 14.0. The van der Waals surface area contributed by atoms with Crippen LogP contribution in [0.1, 0.15) is 24.8 Å². The van der Waals surface area contributed by atoms with Gasteiger partial charge in [0.1, 0.15) is 6.04 Å². The van der Waals surface area contributed by atoms with Crippen LogP contribution in [0.5, 0.6) is 0 Å². The Kier molecular flexibility index (Phi) is 3.67. The molecule has 0 spiro atoms. The minimum absolute atomic E-state index is 0.124. The van der Waals surface area contributed by atoms with E-state index in [4.69, 9.17) is 5.73 Å². The largest absolute Gasteiger partial charge is 0.398 e. The first-order valence-electron chi connectivity index (χ1n) is 8.60. The summed E-state index contributed by atoms with van der Waals surface area (Å²) in [6, 6.07) is 7.81. The Hall–Kier alpha value is -2.50. The lowest BCUT2D eigenvalue weighted by Gasteiger charge is -2.41. The van der Waals surface area contributed by atoms with Crippen molar-refractivity contribution in [3.8, 4) is 0 Å².